The van der Waals surface area contributed by atoms with Gasteiger partial charge in [0.05, 0.1) is 24.1 Å². The van der Waals surface area contributed by atoms with E-state index in [0.29, 0.717) is 29.0 Å². The number of rotatable bonds is 9. The molecular weight excluding hydrogens is 568 g/mol. The summed E-state index contributed by atoms with van der Waals surface area (Å²) in [5, 5.41) is 20.6. The molecule has 0 spiro atoms. The zero-order valence-corrected chi connectivity index (χ0v) is 22.0. The number of carboxylic acids is 2. The number of aliphatic carboxylic acids is 2. The van der Waals surface area contributed by atoms with Gasteiger partial charge in [-0.2, -0.15) is 9.97 Å². The van der Waals surface area contributed by atoms with E-state index in [2.05, 4.69) is 30.2 Å². The molecule has 15 heteroatoms. The van der Waals surface area contributed by atoms with Crippen molar-refractivity contribution in [2.75, 3.05) is 28.7 Å². The number of fused-ring (bicyclic) bond motifs is 2. The Bertz CT molecular complexity index is 1340. The first-order chi connectivity index (χ1) is 17.2. The summed E-state index contributed by atoms with van der Waals surface area (Å²) in [7, 11) is 0. The number of nitrogens with two attached hydrogens (primary N) is 2. The average molecular weight is 593 g/mol. The lowest BCUT2D eigenvalue weighted by molar-refractivity contribution is -0.140. The van der Waals surface area contributed by atoms with Gasteiger partial charge in [0.25, 0.3) is 5.91 Å². The number of nitrogens with one attached hydrogen (secondary N) is 1. The lowest BCUT2D eigenvalue weighted by Gasteiger charge is -2.31. The van der Waals surface area contributed by atoms with Gasteiger partial charge < -0.3 is 31.9 Å². The second-order valence-electron chi connectivity index (χ2n) is 8.10. The van der Waals surface area contributed by atoms with Gasteiger partial charge >= 0.3 is 11.9 Å². The summed E-state index contributed by atoms with van der Waals surface area (Å²) in [6.45, 7) is 1.18. The van der Waals surface area contributed by atoms with Gasteiger partial charge in [0.1, 0.15) is 6.04 Å². The topological polar surface area (TPSA) is 211 Å². The zero-order valence-electron chi connectivity index (χ0n) is 19.5. The average Bonchev–Trinajstić information content (AvgIpc) is 2.83. The van der Waals surface area contributed by atoms with Crippen molar-refractivity contribution < 1.29 is 24.6 Å². The van der Waals surface area contributed by atoms with Gasteiger partial charge in [-0.25, -0.2) is 14.8 Å². The lowest BCUT2D eigenvalue weighted by atomic mass is 10.1. The van der Waals surface area contributed by atoms with Crippen LogP contribution in [0.15, 0.2) is 29.3 Å². The van der Waals surface area contributed by atoms with Gasteiger partial charge in [0.2, 0.25) is 5.95 Å². The molecule has 0 unspecified atom stereocenters. The van der Waals surface area contributed by atoms with Crippen LogP contribution in [-0.2, 0) is 16.1 Å². The summed E-state index contributed by atoms with van der Waals surface area (Å²) in [6, 6.07) is 3.99. The van der Waals surface area contributed by atoms with Crippen molar-refractivity contribution in [3.05, 3.63) is 35.7 Å². The number of anilines is 3. The van der Waals surface area contributed by atoms with Crippen LogP contribution in [0.25, 0.3) is 11.2 Å². The van der Waals surface area contributed by atoms with Crippen LogP contribution >= 0.6 is 28.7 Å². The Labute approximate surface area is 225 Å². The molecule has 37 heavy (non-hydrogen) atoms. The summed E-state index contributed by atoms with van der Waals surface area (Å²) in [6.07, 6.45) is 1.61. The molecule has 1 aromatic carbocycles. The Hall–Kier alpha value is -3.72. The van der Waals surface area contributed by atoms with Crippen molar-refractivity contribution in [2.45, 2.75) is 36.7 Å². The molecular formula is C22H25BrN8O5S. The molecule has 1 aliphatic heterocycles. The van der Waals surface area contributed by atoms with Crippen LogP contribution in [-0.4, -0.2) is 66.3 Å². The van der Waals surface area contributed by atoms with Gasteiger partial charge in [-0.3, -0.25) is 9.59 Å². The fourth-order valence-corrected chi connectivity index (χ4v) is 4.88. The Morgan fingerprint density at radius 1 is 1.16 bits per heavy atom. The maximum Gasteiger partial charge on any atom is 0.326 e. The molecule has 7 N–H and O–H groups in total. The number of nitrogens with zero attached hydrogens (tertiary/aromatic N) is 5. The highest BCUT2D eigenvalue weighted by Gasteiger charge is 2.24. The molecule has 0 bridgehead atoms. The number of hydrogen-bond donors (Lipinski definition) is 5. The van der Waals surface area contributed by atoms with E-state index in [1.165, 1.54) is 0 Å². The quantitative estimate of drug-likeness (QED) is 0.240. The minimum atomic E-state index is -1.21. The van der Waals surface area contributed by atoms with E-state index in [-0.39, 0.29) is 48.0 Å². The molecule has 13 nitrogen and oxygen atoms in total. The maximum atomic E-state index is 12.7. The van der Waals surface area contributed by atoms with Crippen LogP contribution in [0.5, 0.6) is 0 Å². The highest BCUT2D eigenvalue weighted by Crippen LogP contribution is 2.36. The standard InChI is InChI=1S/C22H24N8O5S.BrH/c23-18-17-19(29-22(24)28-18)25-9-12(26-17)10-30-6-7-36-15-8-11(4-5-14(15)30)20(33)27-13(21(34)35)2-1-3-16(31)32;/h4-5,8-9,13H,1-3,6-7,10H2,(H,27,33)(H,31,32)(H,34,35)(H4,23,24,25,28,29);1H/t13-;/m0./s1. The molecule has 1 amide bonds. The van der Waals surface area contributed by atoms with Crippen molar-refractivity contribution in [1.82, 2.24) is 25.3 Å². The number of aromatic nitrogens is 4. The number of thioether (sulfide) groups is 1. The van der Waals surface area contributed by atoms with Crippen molar-refractivity contribution in [1.29, 1.82) is 0 Å². The molecule has 0 fully saturated rings. The van der Waals surface area contributed by atoms with Crippen molar-refractivity contribution >= 4 is 75.2 Å². The van der Waals surface area contributed by atoms with Crippen LogP contribution < -0.4 is 21.7 Å². The molecule has 0 aliphatic carbocycles. The number of halogens is 1. The lowest BCUT2D eigenvalue weighted by Crippen LogP contribution is -2.40. The van der Waals surface area contributed by atoms with Gasteiger partial charge in [0, 0.05) is 29.2 Å². The van der Waals surface area contributed by atoms with Crippen LogP contribution in [0, 0.1) is 0 Å². The van der Waals surface area contributed by atoms with E-state index in [4.69, 9.17) is 16.6 Å². The largest absolute Gasteiger partial charge is 0.481 e. The molecule has 3 aromatic rings. The first-order valence-electron chi connectivity index (χ1n) is 11.0. The molecule has 3 heterocycles. The molecule has 196 valence electrons. The first kappa shape index (κ1) is 27.9. The third-order valence-electron chi connectivity index (χ3n) is 5.52. The van der Waals surface area contributed by atoms with Crippen LogP contribution in [0.1, 0.15) is 35.3 Å². The van der Waals surface area contributed by atoms with Gasteiger partial charge in [0.15, 0.2) is 17.0 Å². The SMILES string of the molecule is Br.Nc1nc(N)c2nc(CN3CCSc4cc(C(=O)N[C@@H](CCCC(=O)O)C(=O)O)ccc43)cnc2n1. The highest BCUT2D eigenvalue weighted by atomic mass is 79.9. The van der Waals surface area contributed by atoms with E-state index in [1.807, 2.05) is 6.07 Å². The van der Waals surface area contributed by atoms with Crippen molar-refractivity contribution in [2.24, 2.45) is 0 Å². The molecule has 2 aromatic heterocycles. The van der Waals surface area contributed by atoms with Crippen molar-refractivity contribution in [3.8, 4) is 0 Å². The minimum Gasteiger partial charge on any atom is -0.481 e. The summed E-state index contributed by atoms with van der Waals surface area (Å²) < 4.78 is 0. The number of carbonyl (C=O) groups excluding carboxylic acids is 1. The minimum absolute atomic E-state index is 0. The van der Waals surface area contributed by atoms with E-state index in [9.17, 15) is 19.5 Å². The van der Waals surface area contributed by atoms with E-state index in [0.717, 1.165) is 22.9 Å². The molecule has 4 rings (SSSR count). The summed E-state index contributed by atoms with van der Waals surface area (Å²) in [4.78, 5) is 54.7. The second kappa shape index (κ2) is 12.0. The number of amides is 1. The maximum absolute atomic E-state index is 12.7. The number of nitrogen functional groups attached to an aromatic ring is 2. The number of benzene rings is 1. The first-order valence-corrected chi connectivity index (χ1v) is 12.0. The number of carboxylic acid groups (broad SMARTS) is 2. The summed E-state index contributed by atoms with van der Waals surface area (Å²) in [5.41, 5.74) is 14.1. The fraction of sp³-hybridized carbons (Fsp3) is 0.318. The predicted octanol–water partition coefficient (Wildman–Crippen LogP) is 1.71. The van der Waals surface area contributed by atoms with Gasteiger partial charge in [-0.05, 0) is 31.0 Å². The third kappa shape index (κ3) is 6.74. The molecule has 0 radical (unpaired) electrons. The molecule has 0 saturated heterocycles. The van der Waals surface area contributed by atoms with Crippen LogP contribution in [0.3, 0.4) is 0 Å². The monoisotopic (exact) mass is 592 g/mol. The summed E-state index contributed by atoms with van der Waals surface area (Å²) >= 11 is 1.59. The Morgan fingerprint density at radius 2 is 1.95 bits per heavy atom. The smallest absolute Gasteiger partial charge is 0.326 e. The molecule has 0 saturated carbocycles. The summed E-state index contributed by atoms with van der Waals surface area (Å²) in [5.74, 6) is -1.81. The third-order valence-corrected chi connectivity index (χ3v) is 6.55. The van der Waals surface area contributed by atoms with E-state index >= 15 is 0 Å². The Kier molecular flexibility index (Phi) is 9.04. The fourth-order valence-electron chi connectivity index (χ4n) is 3.79. The normalized spacial score (nSPS) is 13.4. The van der Waals surface area contributed by atoms with E-state index < -0.39 is 23.9 Å². The number of hydrogen-bond acceptors (Lipinski definition) is 11. The number of carbonyl (C=O) groups is 3. The molecule has 1 aliphatic rings. The zero-order chi connectivity index (χ0) is 25.8. The van der Waals surface area contributed by atoms with Crippen LogP contribution in [0.4, 0.5) is 17.5 Å². The van der Waals surface area contributed by atoms with E-state index in [1.54, 1.807) is 30.1 Å². The van der Waals surface area contributed by atoms with Crippen molar-refractivity contribution in [3.63, 3.8) is 0 Å². The van der Waals surface area contributed by atoms with Gasteiger partial charge in [-0.15, -0.1) is 28.7 Å². The van der Waals surface area contributed by atoms with Gasteiger partial charge in [-0.1, -0.05) is 0 Å². The van der Waals surface area contributed by atoms with Crippen LogP contribution in [0.2, 0.25) is 0 Å². The Balaban J connectivity index is 0.00000380. The Morgan fingerprint density at radius 3 is 2.68 bits per heavy atom. The predicted molar refractivity (Wildman–Crippen MR) is 143 cm³/mol. The highest BCUT2D eigenvalue weighted by molar-refractivity contribution is 8.93. The second-order valence-corrected chi connectivity index (χ2v) is 9.24. The molecule has 1 atom stereocenters.